The Balaban J connectivity index is 2.23. The van der Waals surface area contributed by atoms with E-state index in [2.05, 4.69) is 15.0 Å². The van der Waals surface area contributed by atoms with Crippen LogP contribution in [0.25, 0.3) is 0 Å². The maximum Gasteiger partial charge on any atom is 0.522 e. The second-order valence-electron chi connectivity index (χ2n) is 3.28. The van der Waals surface area contributed by atoms with Crippen LogP contribution in [0.5, 0.6) is 0 Å². The highest BCUT2D eigenvalue weighted by Gasteiger charge is 2.28. The molecule has 1 unspecified atom stereocenters. The van der Waals surface area contributed by atoms with E-state index >= 15 is 0 Å². The van der Waals surface area contributed by atoms with E-state index in [-0.39, 0.29) is 12.6 Å². The van der Waals surface area contributed by atoms with Crippen molar-refractivity contribution in [3.05, 3.63) is 16.1 Å². The lowest BCUT2D eigenvalue weighted by Crippen LogP contribution is -2.26. The number of alkyl halides is 3. The summed E-state index contributed by atoms with van der Waals surface area (Å²) in [4.78, 5) is 5.22. The van der Waals surface area contributed by atoms with Gasteiger partial charge in [0.1, 0.15) is 5.01 Å². The molecule has 1 aromatic heterocycles. The Morgan fingerprint density at radius 2 is 2.25 bits per heavy atom. The van der Waals surface area contributed by atoms with Crippen LogP contribution in [-0.2, 0) is 4.74 Å². The third kappa shape index (κ3) is 4.91. The van der Waals surface area contributed by atoms with E-state index in [0.717, 1.165) is 9.88 Å². The smallest absolute Gasteiger partial charge is 0.306 e. The molecule has 1 aromatic rings. The van der Waals surface area contributed by atoms with Gasteiger partial charge in [-0.15, -0.1) is 24.5 Å². The van der Waals surface area contributed by atoms with Crippen molar-refractivity contribution in [1.82, 2.24) is 10.3 Å². The molecule has 3 nitrogen and oxygen atoms in total. The molecule has 1 N–H and O–H groups in total. The van der Waals surface area contributed by atoms with E-state index in [4.69, 9.17) is 0 Å². The summed E-state index contributed by atoms with van der Waals surface area (Å²) in [7, 11) is 0. The summed E-state index contributed by atoms with van der Waals surface area (Å²) < 4.78 is 38.6. The van der Waals surface area contributed by atoms with Crippen LogP contribution in [-0.4, -0.2) is 24.5 Å². The average Bonchev–Trinajstić information content (AvgIpc) is 2.57. The fraction of sp³-hybridized carbons (Fsp3) is 0.667. The molecule has 0 aromatic carbocycles. The molecule has 0 aliphatic heterocycles. The first-order valence-electron chi connectivity index (χ1n) is 4.75. The minimum atomic E-state index is -4.55. The summed E-state index contributed by atoms with van der Waals surface area (Å²) in [6, 6.07) is -0.0597. The van der Waals surface area contributed by atoms with Gasteiger partial charge in [-0.25, -0.2) is 4.98 Å². The molecular weight excluding hydrogens is 241 g/mol. The minimum absolute atomic E-state index is 0.0597. The molecule has 0 saturated heterocycles. The van der Waals surface area contributed by atoms with Gasteiger partial charge in [-0.1, -0.05) is 0 Å². The molecule has 1 rings (SSSR count). The molecule has 0 bridgehead atoms. The van der Waals surface area contributed by atoms with Crippen LogP contribution in [0, 0.1) is 6.92 Å². The number of hydrogen-bond acceptors (Lipinski definition) is 4. The molecule has 7 heteroatoms. The third-order valence-electron chi connectivity index (χ3n) is 1.83. The molecule has 0 fully saturated rings. The fourth-order valence-electron chi connectivity index (χ4n) is 1.10. The normalized spacial score (nSPS) is 14.1. The van der Waals surface area contributed by atoms with E-state index in [1.54, 1.807) is 6.20 Å². The largest absolute Gasteiger partial charge is 0.522 e. The maximum atomic E-state index is 11.6. The zero-order chi connectivity index (χ0) is 12.2. The minimum Gasteiger partial charge on any atom is -0.306 e. The standard InChI is InChI=1S/C9H13F3N2OS/c1-6-5-14-8(16-6)7(2)13-3-4-15-9(10,11)12/h5,7,13H,3-4H2,1-2H3. The van der Waals surface area contributed by atoms with Crippen LogP contribution < -0.4 is 5.32 Å². The lowest BCUT2D eigenvalue weighted by Gasteiger charge is -2.12. The summed E-state index contributed by atoms with van der Waals surface area (Å²) >= 11 is 1.52. The Bertz CT molecular complexity index is 327. The Kier molecular flexibility index (Phi) is 4.69. The van der Waals surface area contributed by atoms with Crippen molar-refractivity contribution in [2.24, 2.45) is 0 Å². The second kappa shape index (κ2) is 5.60. The van der Waals surface area contributed by atoms with Gasteiger partial charge in [0.25, 0.3) is 0 Å². The van der Waals surface area contributed by atoms with Crippen molar-refractivity contribution in [3.8, 4) is 0 Å². The number of nitrogens with zero attached hydrogens (tertiary/aromatic N) is 1. The number of hydrogen-bond donors (Lipinski definition) is 1. The Hall–Kier alpha value is -0.660. The van der Waals surface area contributed by atoms with Gasteiger partial charge in [-0.05, 0) is 13.8 Å². The molecule has 16 heavy (non-hydrogen) atoms. The fourth-order valence-corrected chi connectivity index (χ4v) is 1.90. The molecule has 1 heterocycles. The van der Waals surface area contributed by atoms with Gasteiger partial charge in [0.2, 0.25) is 0 Å². The third-order valence-corrected chi connectivity index (χ3v) is 2.92. The van der Waals surface area contributed by atoms with E-state index in [9.17, 15) is 13.2 Å². The topological polar surface area (TPSA) is 34.2 Å². The van der Waals surface area contributed by atoms with Crippen LogP contribution in [0.1, 0.15) is 22.9 Å². The van der Waals surface area contributed by atoms with E-state index < -0.39 is 13.0 Å². The second-order valence-corrected chi connectivity index (χ2v) is 4.55. The molecule has 0 amide bonds. The number of halogens is 3. The van der Waals surface area contributed by atoms with Gasteiger partial charge in [-0.2, -0.15) is 0 Å². The van der Waals surface area contributed by atoms with Crippen LogP contribution in [0.4, 0.5) is 13.2 Å². The summed E-state index contributed by atoms with van der Waals surface area (Å²) in [6.07, 6.45) is -2.81. The molecule has 0 radical (unpaired) electrons. The van der Waals surface area contributed by atoms with Gasteiger partial charge in [0.15, 0.2) is 0 Å². The van der Waals surface area contributed by atoms with E-state index in [0.29, 0.717) is 0 Å². The van der Waals surface area contributed by atoms with Crippen LogP contribution >= 0.6 is 11.3 Å². The number of thiazole rings is 1. The first-order chi connectivity index (χ1) is 7.38. The molecule has 92 valence electrons. The number of aromatic nitrogens is 1. The maximum absolute atomic E-state index is 11.6. The summed E-state index contributed by atoms with van der Waals surface area (Å²) in [5.41, 5.74) is 0. The van der Waals surface area contributed by atoms with Crippen molar-refractivity contribution < 1.29 is 17.9 Å². The molecule has 0 spiro atoms. The number of rotatable bonds is 5. The van der Waals surface area contributed by atoms with Crippen molar-refractivity contribution >= 4 is 11.3 Å². The average molecular weight is 254 g/mol. The predicted molar refractivity (Wildman–Crippen MR) is 55.3 cm³/mol. The molecule has 0 saturated carbocycles. The Labute approximate surface area is 95.6 Å². The van der Waals surface area contributed by atoms with Crippen molar-refractivity contribution in [3.63, 3.8) is 0 Å². The highest BCUT2D eigenvalue weighted by molar-refractivity contribution is 7.11. The summed E-state index contributed by atoms with van der Waals surface area (Å²) in [6.45, 7) is 3.53. The molecular formula is C9H13F3N2OS. The SMILES string of the molecule is Cc1cnc(C(C)NCCOC(F)(F)F)s1. The highest BCUT2D eigenvalue weighted by atomic mass is 32.1. The Morgan fingerprint density at radius 1 is 1.56 bits per heavy atom. The lowest BCUT2D eigenvalue weighted by atomic mass is 10.3. The zero-order valence-electron chi connectivity index (χ0n) is 8.97. The quantitative estimate of drug-likeness (QED) is 0.820. The van der Waals surface area contributed by atoms with Crippen molar-refractivity contribution in [2.75, 3.05) is 13.2 Å². The van der Waals surface area contributed by atoms with Gasteiger partial charge >= 0.3 is 6.36 Å². The number of aryl methyl sites for hydroxylation is 1. The van der Waals surface area contributed by atoms with Crippen molar-refractivity contribution in [2.45, 2.75) is 26.3 Å². The Morgan fingerprint density at radius 3 is 2.75 bits per heavy atom. The highest BCUT2D eigenvalue weighted by Crippen LogP contribution is 2.19. The zero-order valence-corrected chi connectivity index (χ0v) is 9.78. The van der Waals surface area contributed by atoms with E-state index in [1.165, 1.54) is 11.3 Å². The predicted octanol–water partition coefficient (Wildman–Crippen LogP) is 2.64. The molecule has 0 aliphatic rings. The van der Waals surface area contributed by atoms with Crippen LogP contribution in [0.15, 0.2) is 6.20 Å². The summed E-state index contributed by atoms with van der Waals surface area (Å²) in [5.74, 6) is 0. The van der Waals surface area contributed by atoms with Gasteiger partial charge < -0.3 is 5.32 Å². The lowest BCUT2D eigenvalue weighted by molar-refractivity contribution is -0.323. The number of nitrogens with one attached hydrogen (secondary N) is 1. The summed E-state index contributed by atoms with van der Waals surface area (Å²) in [5, 5.41) is 3.77. The number of ether oxygens (including phenoxy) is 1. The van der Waals surface area contributed by atoms with Crippen LogP contribution in [0.3, 0.4) is 0 Å². The van der Waals surface area contributed by atoms with Crippen molar-refractivity contribution in [1.29, 1.82) is 0 Å². The molecule has 0 aliphatic carbocycles. The van der Waals surface area contributed by atoms with Gasteiger partial charge in [-0.3, -0.25) is 4.74 Å². The van der Waals surface area contributed by atoms with Crippen LogP contribution in [0.2, 0.25) is 0 Å². The monoisotopic (exact) mass is 254 g/mol. The first kappa shape index (κ1) is 13.4. The van der Waals surface area contributed by atoms with Gasteiger partial charge in [0.05, 0.1) is 12.6 Å². The molecule has 1 atom stereocenters. The van der Waals surface area contributed by atoms with Gasteiger partial charge in [0, 0.05) is 17.6 Å². The first-order valence-corrected chi connectivity index (χ1v) is 5.56. The van der Waals surface area contributed by atoms with E-state index in [1.807, 2.05) is 13.8 Å².